The Balaban J connectivity index is 2.25. The molecule has 7 heteroatoms. The Morgan fingerprint density at radius 1 is 1.22 bits per heavy atom. The summed E-state index contributed by atoms with van der Waals surface area (Å²) in [4.78, 5) is 4.27. The van der Waals surface area contributed by atoms with E-state index >= 15 is 0 Å². The molecule has 2 rings (SSSR count). The molecule has 0 spiro atoms. The summed E-state index contributed by atoms with van der Waals surface area (Å²) < 4.78 is 42.4. The van der Waals surface area contributed by atoms with Crippen LogP contribution < -0.4 is 4.74 Å². The van der Waals surface area contributed by atoms with E-state index in [9.17, 15) is 13.2 Å². The number of hydrogen-bond acceptors (Lipinski definition) is 2. The lowest BCUT2D eigenvalue weighted by Crippen LogP contribution is -2.16. The van der Waals surface area contributed by atoms with Crippen molar-refractivity contribution < 1.29 is 17.9 Å². The summed E-state index contributed by atoms with van der Waals surface area (Å²) in [6.07, 6.45) is -2.84. The van der Waals surface area contributed by atoms with Gasteiger partial charge < -0.3 is 9.30 Å². The molecule has 0 aliphatic carbocycles. The van der Waals surface area contributed by atoms with Gasteiger partial charge in [-0.3, -0.25) is 0 Å². The minimum atomic E-state index is -4.67. The van der Waals surface area contributed by atoms with Gasteiger partial charge in [0.25, 0.3) is 0 Å². The van der Waals surface area contributed by atoms with Crippen molar-refractivity contribution in [3.05, 3.63) is 34.2 Å². The van der Waals surface area contributed by atoms with Crippen molar-refractivity contribution in [1.29, 1.82) is 0 Å². The maximum absolute atomic E-state index is 12.0. The van der Waals surface area contributed by atoms with Crippen molar-refractivity contribution >= 4 is 22.6 Å². The van der Waals surface area contributed by atoms with Crippen LogP contribution in [0.3, 0.4) is 0 Å². The summed E-state index contributed by atoms with van der Waals surface area (Å²) in [6, 6.07) is 5.62. The highest BCUT2D eigenvalue weighted by atomic mass is 127. The Kier molecular flexibility index (Phi) is 3.51. The second kappa shape index (κ2) is 4.79. The summed E-state index contributed by atoms with van der Waals surface area (Å²) in [6.45, 7) is 0. The molecule has 0 radical (unpaired) electrons. The Morgan fingerprint density at radius 2 is 1.83 bits per heavy atom. The molecular formula is C11H8F3IN2O. The Labute approximate surface area is 115 Å². The highest BCUT2D eigenvalue weighted by Gasteiger charge is 2.30. The summed E-state index contributed by atoms with van der Waals surface area (Å²) in [5.74, 6) is 0.452. The van der Waals surface area contributed by atoms with Gasteiger partial charge in [-0.15, -0.1) is 13.2 Å². The van der Waals surface area contributed by atoms with Crippen LogP contribution >= 0.6 is 22.6 Å². The van der Waals surface area contributed by atoms with Crippen LogP contribution in [0.15, 0.2) is 30.5 Å². The molecule has 1 aromatic carbocycles. The number of hydrogen-bond donors (Lipinski definition) is 0. The number of benzene rings is 1. The van der Waals surface area contributed by atoms with Crippen molar-refractivity contribution in [1.82, 2.24) is 9.55 Å². The van der Waals surface area contributed by atoms with E-state index in [4.69, 9.17) is 0 Å². The molecular weight excluding hydrogens is 360 g/mol. The number of aromatic nitrogens is 2. The third kappa shape index (κ3) is 3.15. The molecule has 1 heterocycles. The average molecular weight is 368 g/mol. The molecule has 2 aromatic rings. The second-order valence-electron chi connectivity index (χ2n) is 3.57. The van der Waals surface area contributed by atoms with Gasteiger partial charge in [-0.25, -0.2) is 4.98 Å². The monoisotopic (exact) mass is 368 g/mol. The van der Waals surface area contributed by atoms with Gasteiger partial charge in [0.05, 0.1) is 0 Å². The van der Waals surface area contributed by atoms with E-state index in [-0.39, 0.29) is 5.75 Å². The Hall–Kier alpha value is -1.25. The molecule has 0 aliphatic rings. The second-order valence-corrected chi connectivity index (χ2v) is 4.68. The molecule has 0 atom stereocenters. The SMILES string of the molecule is Cn1cc(I)nc1-c1ccc(OC(F)(F)F)cc1. The largest absolute Gasteiger partial charge is 0.573 e. The fourth-order valence-corrected chi connectivity index (χ4v) is 2.15. The number of rotatable bonds is 2. The topological polar surface area (TPSA) is 27.1 Å². The van der Waals surface area contributed by atoms with Crippen molar-refractivity contribution in [2.45, 2.75) is 6.36 Å². The molecule has 3 nitrogen and oxygen atoms in total. The molecule has 1 aromatic heterocycles. The predicted molar refractivity (Wildman–Crippen MR) is 68.0 cm³/mol. The van der Waals surface area contributed by atoms with Crippen LogP contribution in [0.2, 0.25) is 0 Å². The predicted octanol–water partition coefficient (Wildman–Crippen LogP) is 3.59. The summed E-state index contributed by atoms with van der Waals surface area (Å²) >= 11 is 2.07. The summed E-state index contributed by atoms with van der Waals surface area (Å²) in [5.41, 5.74) is 0.731. The fraction of sp³-hybridized carbons (Fsp3) is 0.182. The first-order valence-corrected chi connectivity index (χ1v) is 5.98. The van der Waals surface area contributed by atoms with E-state index in [1.54, 1.807) is 16.7 Å². The maximum Gasteiger partial charge on any atom is 0.573 e. The van der Waals surface area contributed by atoms with E-state index in [0.717, 1.165) is 9.26 Å². The summed E-state index contributed by atoms with van der Waals surface area (Å²) in [7, 11) is 1.82. The lowest BCUT2D eigenvalue weighted by atomic mass is 10.2. The molecule has 0 N–H and O–H groups in total. The van der Waals surface area contributed by atoms with Gasteiger partial charge in [-0.05, 0) is 46.9 Å². The number of imidazole rings is 1. The van der Waals surface area contributed by atoms with E-state index in [0.29, 0.717) is 5.82 Å². The number of aryl methyl sites for hydroxylation is 1. The van der Waals surface area contributed by atoms with Gasteiger partial charge in [0.2, 0.25) is 0 Å². The molecule has 0 unspecified atom stereocenters. The van der Waals surface area contributed by atoms with Crippen LogP contribution in [-0.2, 0) is 7.05 Å². The number of ether oxygens (including phenoxy) is 1. The molecule has 96 valence electrons. The molecule has 0 bridgehead atoms. The first kappa shape index (κ1) is 13.2. The van der Waals surface area contributed by atoms with Crippen LogP contribution in [0.4, 0.5) is 13.2 Å². The van der Waals surface area contributed by atoms with Crippen LogP contribution in [0, 0.1) is 3.70 Å². The van der Waals surface area contributed by atoms with E-state index in [2.05, 4.69) is 32.3 Å². The van der Waals surface area contributed by atoms with Gasteiger partial charge in [-0.2, -0.15) is 0 Å². The fourth-order valence-electron chi connectivity index (χ4n) is 1.50. The van der Waals surface area contributed by atoms with Crippen molar-refractivity contribution in [2.24, 2.45) is 7.05 Å². The smallest absolute Gasteiger partial charge is 0.406 e. The highest BCUT2D eigenvalue weighted by Crippen LogP contribution is 2.26. The van der Waals surface area contributed by atoms with Crippen molar-refractivity contribution in [3.63, 3.8) is 0 Å². The average Bonchev–Trinajstić information content (AvgIpc) is 2.57. The van der Waals surface area contributed by atoms with E-state index in [1.807, 2.05) is 13.2 Å². The lowest BCUT2D eigenvalue weighted by molar-refractivity contribution is -0.274. The molecule has 18 heavy (non-hydrogen) atoms. The standard InChI is InChI=1S/C11H8F3IN2O/c1-17-6-9(15)16-10(17)7-2-4-8(5-3-7)18-11(12,13)14/h2-6H,1H3. The zero-order chi connectivity index (χ0) is 13.3. The Bertz CT molecular complexity index is 548. The van der Waals surface area contributed by atoms with Crippen molar-refractivity contribution in [2.75, 3.05) is 0 Å². The van der Waals surface area contributed by atoms with Gasteiger partial charge >= 0.3 is 6.36 Å². The number of halogens is 4. The molecule has 0 amide bonds. The summed E-state index contributed by atoms with van der Waals surface area (Å²) in [5, 5.41) is 0. The van der Waals surface area contributed by atoms with Crippen LogP contribution in [-0.4, -0.2) is 15.9 Å². The Morgan fingerprint density at radius 3 is 2.28 bits per heavy atom. The minimum absolute atomic E-state index is 0.241. The first-order chi connectivity index (χ1) is 8.35. The third-order valence-corrected chi connectivity index (χ3v) is 2.71. The zero-order valence-electron chi connectivity index (χ0n) is 9.20. The van der Waals surface area contributed by atoms with Crippen LogP contribution in [0.25, 0.3) is 11.4 Å². The van der Waals surface area contributed by atoms with Crippen LogP contribution in [0.5, 0.6) is 5.75 Å². The van der Waals surface area contributed by atoms with Gasteiger partial charge in [-0.1, -0.05) is 0 Å². The van der Waals surface area contributed by atoms with Crippen LogP contribution in [0.1, 0.15) is 0 Å². The zero-order valence-corrected chi connectivity index (χ0v) is 11.4. The molecule has 0 aliphatic heterocycles. The number of nitrogens with zero attached hydrogens (tertiary/aromatic N) is 2. The number of alkyl halides is 3. The molecule has 0 saturated heterocycles. The third-order valence-electron chi connectivity index (χ3n) is 2.19. The quantitative estimate of drug-likeness (QED) is 0.758. The van der Waals surface area contributed by atoms with E-state index in [1.165, 1.54) is 12.1 Å². The lowest BCUT2D eigenvalue weighted by Gasteiger charge is -2.09. The first-order valence-electron chi connectivity index (χ1n) is 4.90. The maximum atomic E-state index is 12.0. The molecule has 0 saturated carbocycles. The minimum Gasteiger partial charge on any atom is -0.406 e. The van der Waals surface area contributed by atoms with E-state index < -0.39 is 6.36 Å². The normalized spacial score (nSPS) is 11.6. The van der Waals surface area contributed by atoms with Gasteiger partial charge in [0, 0.05) is 18.8 Å². The molecule has 0 fully saturated rings. The van der Waals surface area contributed by atoms with Crippen molar-refractivity contribution in [3.8, 4) is 17.1 Å². The highest BCUT2D eigenvalue weighted by molar-refractivity contribution is 14.1. The van der Waals surface area contributed by atoms with Gasteiger partial charge in [0.15, 0.2) is 0 Å². The van der Waals surface area contributed by atoms with Gasteiger partial charge in [0.1, 0.15) is 15.3 Å².